The van der Waals surface area contributed by atoms with E-state index >= 15 is 0 Å². The number of aliphatic carboxylic acids is 1. The molecule has 0 amide bonds. The van der Waals surface area contributed by atoms with E-state index in [0.29, 0.717) is 18.8 Å². The van der Waals surface area contributed by atoms with Gasteiger partial charge in [0.2, 0.25) is 0 Å². The third-order valence-corrected chi connectivity index (χ3v) is 4.28. The lowest BCUT2D eigenvalue weighted by Crippen LogP contribution is -2.14. The molecule has 0 heterocycles. The predicted molar refractivity (Wildman–Crippen MR) is 72.1 cm³/mol. The van der Waals surface area contributed by atoms with Crippen molar-refractivity contribution >= 4 is 15.8 Å². The number of rotatable bonds is 9. The number of carboxylic acid groups (broad SMARTS) is 1. The normalized spacial score (nSPS) is 11.2. The smallest absolute Gasteiger partial charge is 0.303 e. The molecule has 0 fully saturated rings. The number of hydrogen-bond acceptors (Lipinski definition) is 4. The van der Waals surface area contributed by atoms with E-state index in [-0.39, 0.29) is 24.3 Å². The SMILES string of the molecule is O=C(O)CCCS(=O)(=O)CCCOc1ccccc1. The van der Waals surface area contributed by atoms with E-state index in [1.165, 1.54) is 0 Å². The van der Waals surface area contributed by atoms with Crippen LogP contribution >= 0.6 is 0 Å². The van der Waals surface area contributed by atoms with E-state index in [2.05, 4.69) is 0 Å². The van der Waals surface area contributed by atoms with Crippen LogP contribution in [0.15, 0.2) is 30.3 Å². The zero-order chi connectivity index (χ0) is 14.1. The van der Waals surface area contributed by atoms with Crippen LogP contribution < -0.4 is 4.74 Å². The Morgan fingerprint density at radius 1 is 1.11 bits per heavy atom. The molecule has 6 heteroatoms. The highest BCUT2D eigenvalue weighted by Crippen LogP contribution is 2.09. The summed E-state index contributed by atoms with van der Waals surface area (Å²) in [4.78, 5) is 10.3. The predicted octanol–water partition coefficient (Wildman–Crippen LogP) is 1.74. The summed E-state index contributed by atoms with van der Waals surface area (Å²) in [5.74, 6) is -0.308. The van der Waals surface area contributed by atoms with Crippen molar-refractivity contribution in [1.29, 1.82) is 0 Å². The van der Waals surface area contributed by atoms with Gasteiger partial charge in [0, 0.05) is 6.42 Å². The first-order valence-electron chi connectivity index (χ1n) is 6.10. The molecule has 0 atom stereocenters. The molecule has 0 aliphatic heterocycles. The molecule has 0 spiro atoms. The Bertz CT molecular complexity index is 481. The van der Waals surface area contributed by atoms with E-state index in [4.69, 9.17) is 9.84 Å². The molecule has 106 valence electrons. The Morgan fingerprint density at radius 2 is 1.74 bits per heavy atom. The summed E-state index contributed by atoms with van der Waals surface area (Å²) in [6.45, 7) is 0.335. The second kappa shape index (κ2) is 7.78. The summed E-state index contributed by atoms with van der Waals surface area (Å²) in [7, 11) is -3.18. The van der Waals surface area contributed by atoms with Crippen molar-refractivity contribution in [2.24, 2.45) is 0 Å². The monoisotopic (exact) mass is 286 g/mol. The van der Waals surface area contributed by atoms with Crippen LogP contribution in [0.25, 0.3) is 0 Å². The van der Waals surface area contributed by atoms with Crippen LogP contribution in [0, 0.1) is 0 Å². The third-order valence-electron chi connectivity index (χ3n) is 2.46. The fourth-order valence-corrected chi connectivity index (χ4v) is 2.88. The van der Waals surface area contributed by atoms with Gasteiger partial charge in [-0.05, 0) is 25.0 Å². The first-order chi connectivity index (χ1) is 8.99. The number of carboxylic acids is 1. The minimum atomic E-state index is -3.18. The van der Waals surface area contributed by atoms with Gasteiger partial charge in [-0.15, -0.1) is 0 Å². The van der Waals surface area contributed by atoms with Gasteiger partial charge in [0.15, 0.2) is 0 Å². The van der Waals surface area contributed by atoms with Gasteiger partial charge in [-0.25, -0.2) is 8.42 Å². The van der Waals surface area contributed by atoms with Crippen LogP contribution in [0.2, 0.25) is 0 Å². The van der Waals surface area contributed by atoms with Gasteiger partial charge in [-0.2, -0.15) is 0 Å². The summed E-state index contributed by atoms with van der Waals surface area (Å²) in [6, 6.07) is 9.18. The van der Waals surface area contributed by atoms with E-state index in [1.807, 2.05) is 18.2 Å². The minimum absolute atomic E-state index is 0.0272. The molecular formula is C13H18O5S. The van der Waals surface area contributed by atoms with Gasteiger partial charge < -0.3 is 9.84 Å². The number of sulfone groups is 1. The number of carbonyl (C=O) groups is 1. The zero-order valence-corrected chi connectivity index (χ0v) is 11.4. The molecular weight excluding hydrogens is 268 g/mol. The van der Waals surface area contributed by atoms with Crippen LogP contribution in [0.1, 0.15) is 19.3 Å². The molecule has 0 saturated carbocycles. The molecule has 0 radical (unpaired) electrons. The van der Waals surface area contributed by atoms with E-state index < -0.39 is 15.8 Å². The molecule has 0 aliphatic rings. The fourth-order valence-electron chi connectivity index (χ4n) is 1.53. The Kier molecular flexibility index (Phi) is 6.35. The standard InChI is InChI=1S/C13H18O5S/c14-13(15)8-4-10-19(16,17)11-5-9-18-12-6-2-1-3-7-12/h1-3,6-7H,4-5,8-11H2,(H,14,15). The maximum atomic E-state index is 11.6. The molecule has 1 N–H and O–H groups in total. The van der Waals surface area contributed by atoms with Crippen molar-refractivity contribution in [1.82, 2.24) is 0 Å². The minimum Gasteiger partial charge on any atom is -0.494 e. The largest absolute Gasteiger partial charge is 0.494 e. The van der Waals surface area contributed by atoms with Gasteiger partial charge in [0.25, 0.3) is 0 Å². The van der Waals surface area contributed by atoms with Crippen LogP contribution in [0.5, 0.6) is 5.75 Å². The van der Waals surface area contributed by atoms with Crippen molar-refractivity contribution < 1.29 is 23.1 Å². The summed E-state index contributed by atoms with van der Waals surface area (Å²) < 4.78 is 28.5. The van der Waals surface area contributed by atoms with E-state index in [0.717, 1.165) is 0 Å². The number of ether oxygens (including phenoxy) is 1. The fraction of sp³-hybridized carbons (Fsp3) is 0.462. The first-order valence-corrected chi connectivity index (χ1v) is 7.92. The van der Waals surface area contributed by atoms with Crippen molar-refractivity contribution in [3.8, 4) is 5.75 Å². The third kappa shape index (κ3) is 7.46. The first kappa shape index (κ1) is 15.5. The van der Waals surface area contributed by atoms with Crippen LogP contribution in [0.4, 0.5) is 0 Å². The summed E-state index contributed by atoms with van der Waals surface area (Å²) in [6.07, 6.45) is 0.460. The summed E-state index contributed by atoms with van der Waals surface area (Å²) in [5.41, 5.74) is 0. The van der Waals surface area contributed by atoms with Crippen molar-refractivity contribution in [2.45, 2.75) is 19.3 Å². The summed E-state index contributed by atoms with van der Waals surface area (Å²) in [5, 5.41) is 8.44. The molecule has 0 saturated heterocycles. The molecule has 0 aromatic heterocycles. The second-order valence-corrected chi connectivity index (χ2v) is 6.47. The molecule has 1 aromatic rings. The average Bonchev–Trinajstić information content (AvgIpc) is 2.35. The van der Waals surface area contributed by atoms with Gasteiger partial charge in [0.1, 0.15) is 15.6 Å². The lowest BCUT2D eigenvalue weighted by molar-refractivity contribution is -0.137. The highest BCUT2D eigenvalue weighted by Gasteiger charge is 2.11. The molecule has 5 nitrogen and oxygen atoms in total. The molecule has 0 aliphatic carbocycles. The number of para-hydroxylation sites is 1. The maximum absolute atomic E-state index is 11.6. The lowest BCUT2D eigenvalue weighted by Gasteiger charge is -2.06. The van der Waals surface area contributed by atoms with Gasteiger partial charge >= 0.3 is 5.97 Å². The van der Waals surface area contributed by atoms with Crippen molar-refractivity contribution in [3.63, 3.8) is 0 Å². The molecule has 19 heavy (non-hydrogen) atoms. The van der Waals surface area contributed by atoms with Crippen LogP contribution in [-0.2, 0) is 14.6 Å². The number of hydrogen-bond donors (Lipinski definition) is 1. The Balaban J connectivity index is 2.19. The second-order valence-electron chi connectivity index (χ2n) is 4.16. The Hall–Kier alpha value is -1.56. The Morgan fingerprint density at radius 3 is 2.37 bits per heavy atom. The maximum Gasteiger partial charge on any atom is 0.303 e. The molecule has 1 rings (SSSR count). The van der Waals surface area contributed by atoms with E-state index in [1.54, 1.807) is 12.1 Å². The highest BCUT2D eigenvalue weighted by atomic mass is 32.2. The molecule has 0 unspecified atom stereocenters. The topological polar surface area (TPSA) is 80.7 Å². The molecule has 1 aromatic carbocycles. The zero-order valence-electron chi connectivity index (χ0n) is 10.6. The molecule has 0 bridgehead atoms. The summed E-state index contributed by atoms with van der Waals surface area (Å²) >= 11 is 0. The van der Waals surface area contributed by atoms with Crippen molar-refractivity contribution in [3.05, 3.63) is 30.3 Å². The van der Waals surface area contributed by atoms with Gasteiger partial charge in [0.05, 0.1) is 18.1 Å². The lowest BCUT2D eigenvalue weighted by atomic mass is 10.3. The highest BCUT2D eigenvalue weighted by molar-refractivity contribution is 7.91. The van der Waals surface area contributed by atoms with Crippen molar-refractivity contribution in [2.75, 3.05) is 18.1 Å². The van der Waals surface area contributed by atoms with Crippen LogP contribution in [0.3, 0.4) is 0 Å². The van der Waals surface area contributed by atoms with E-state index in [9.17, 15) is 13.2 Å². The quantitative estimate of drug-likeness (QED) is 0.699. The van der Waals surface area contributed by atoms with Gasteiger partial charge in [-0.1, -0.05) is 18.2 Å². The average molecular weight is 286 g/mol. The number of benzene rings is 1. The van der Waals surface area contributed by atoms with Crippen LogP contribution in [-0.4, -0.2) is 37.6 Å². The Labute approximate surface area is 113 Å². The van der Waals surface area contributed by atoms with Gasteiger partial charge in [-0.3, -0.25) is 4.79 Å².